The van der Waals surface area contributed by atoms with Gasteiger partial charge in [-0.2, -0.15) is 0 Å². The molecule has 2 N–H and O–H groups in total. The number of ether oxygens (including phenoxy) is 1. The van der Waals surface area contributed by atoms with Gasteiger partial charge in [-0.25, -0.2) is 0 Å². The number of hydrogen-bond acceptors (Lipinski definition) is 3. The van der Waals surface area contributed by atoms with Gasteiger partial charge >= 0.3 is 5.97 Å². The Morgan fingerprint density at radius 1 is 1.38 bits per heavy atom. The van der Waals surface area contributed by atoms with Crippen LogP contribution in [0.5, 0.6) is 0 Å². The van der Waals surface area contributed by atoms with E-state index in [1.54, 1.807) is 7.11 Å². The summed E-state index contributed by atoms with van der Waals surface area (Å²) in [6.45, 7) is 0.894. The number of carbonyl (C=O) groups excluding carboxylic acids is 1. The van der Waals surface area contributed by atoms with E-state index >= 15 is 0 Å². The number of carboxylic acids is 1. The summed E-state index contributed by atoms with van der Waals surface area (Å²) < 4.78 is 4.84. The maximum absolute atomic E-state index is 11.9. The van der Waals surface area contributed by atoms with Gasteiger partial charge in [0.2, 0.25) is 5.91 Å². The van der Waals surface area contributed by atoms with E-state index in [2.05, 4.69) is 5.32 Å². The zero-order valence-electron chi connectivity index (χ0n) is 9.62. The van der Waals surface area contributed by atoms with Crippen LogP contribution in [0.15, 0.2) is 0 Å². The Kier molecular flexibility index (Phi) is 4.73. The van der Waals surface area contributed by atoms with Gasteiger partial charge in [0.05, 0.1) is 18.4 Å². The summed E-state index contributed by atoms with van der Waals surface area (Å²) in [5.74, 6) is -1.03. The van der Waals surface area contributed by atoms with Crippen LogP contribution in [0.25, 0.3) is 0 Å². The molecule has 0 atom stereocenters. The highest BCUT2D eigenvalue weighted by molar-refractivity contribution is 5.87. The normalized spacial score (nSPS) is 18.3. The molecule has 0 aromatic heterocycles. The van der Waals surface area contributed by atoms with Crippen LogP contribution >= 0.6 is 0 Å². The molecule has 1 fully saturated rings. The molecule has 0 spiro atoms. The third-order valence-electron chi connectivity index (χ3n) is 3.12. The first-order valence-corrected chi connectivity index (χ1v) is 5.60. The monoisotopic (exact) mass is 229 g/mol. The fourth-order valence-electron chi connectivity index (χ4n) is 2.28. The van der Waals surface area contributed by atoms with Crippen LogP contribution in [-0.2, 0) is 14.3 Å². The molecule has 0 aromatic rings. The number of rotatable bonds is 6. The van der Waals surface area contributed by atoms with Crippen molar-refractivity contribution in [1.29, 1.82) is 0 Å². The second kappa shape index (κ2) is 5.84. The molecular formula is C11H19NO4. The molecule has 5 nitrogen and oxygen atoms in total. The Morgan fingerprint density at radius 2 is 2.00 bits per heavy atom. The van der Waals surface area contributed by atoms with Gasteiger partial charge in [0.15, 0.2) is 0 Å². The molecule has 1 aliphatic rings. The predicted octanol–water partition coefficient (Wildman–Crippen LogP) is 0.784. The average Bonchev–Trinajstić information content (AvgIpc) is 2.67. The maximum atomic E-state index is 11.9. The minimum Gasteiger partial charge on any atom is -0.481 e. The van der Waals surface area contributed by atoms with Gasteiger partial charge < -0.3 is 15.2 Å². The lowest BCUT2D eigenvalue weighted by Gasteiger charge is -2.25. The molecule has 0 radical (unpaired) electrons. The SMILES string of the molecule is COCCNC(=O)C1(CC(=O)O)CCCC1. The second-order valence-electron chi connectivity index (χ2n) is 4.31. The third kappa shape index (κ3) is 3.20. The summed E-state index contributed by atoms with van der Waals surface area (Å²) in [5, 5.41) is 11.6. The van der Waals surface area contributed by atoms with Crippen LogP contribution in [-0.4, -0.2) is 37.2 Å². The summed E-state index contributed by atoms with van der Waals surface area (Å²) in [4.78, 5) is 22.7. The van der Waals surface area contributed by atoms with E-state index in [-0.39, 0.29) is 12.3 Å². The average molecular weight is 229 g/mol. The number of hydrogen-bond donors (Lipinski definition) is 2. The van der Waals surface area contributed by atoms with Crippen molar-refractivity contribution in [2.24, 2.45) is 5.41 Å². The largest absolute Gasteiger partial charge is 0.481 e. The Balaban J connectivity index is 2.55. The molecule has 0 saturated heterocycles. The van der Waals surface area contributed by atoms with Crippen molar-refractivity contribution >= 4 is 11.9 Å². The van der Waals surface area contributed by atoms with E-state index in [4.69, 9.17) is 9.84 Å². The molecular weight excluding hydrogens is 210 g/mol. The molecule has 0 aromatic carbocycles. The molecule has 5 heteroatoms. The van der Waals surface area contributed by atoms with E-state index in [1.165, 1.54) is 0 Å². The smallest absolute Gasteiger partial charge is 0.304 e. The van der Waals surface area contributed by atoms with E-state index in [0.29, 0.717) is 26.0 Å². The number of nitrogens with one attached hydrogen (secondary N) is 1. The first kappa shape index (κ1) is 13.0. The number of amides is 1. The number of methoxy groups -OCH3 is 1. The van der Waals surface area contributed by atoms with Gasteiger partial charge in [-0.05, 0) is 12.8 Å². The minimum absolute atomic E-state index is 0.0637. The van der Waals surface area contributed by atoms with E-state index in [9.17, 15) is 9.59 Å². The van der Waals surface area contributed by atoms with Crippen molar-refractivity contribution in [2.75, 3.05) is 20.3 Å². The molecule has 1 saturated carbocycles. The van der Waals surface area contributed by atoms with Gasteiger partial charge in [0, 0.05) is 13.7 Å². The topological polar surface area (TPSA) is 75.6 Å². The van der Waals surface area contributed by atoms with Crippen molar-refractivity contribution < 1.29 is 19.4 Å². The highest BCUT2D eigenvalue weighted by Crippen LogP contribution is 2.41. The minimum atomic E-state index is -0.899. The van der Waals surface area contributed by atoms with Gasteiger partial charge in [-0.1, -0.05) is 12.8 Å². The zero-order valence-corrected chi connectivity index (χ0v) is 9.62. The first-order chi connectivity index (χ1) is 7.60. The molecule has 1 aliphatic carbocycles. The van der Waals surface area contributed by atoms with Crippen molar-refractivity contribution in [3.63, 3.8) is 0 Å². The molecule has 0 heterocycles. The second-order valence-corrected chi connectivity index (χ2v) is 4.31. The fourth-order valence-corrected chi connectivity index (χ4v) is 2.28. The Bertz CT molecular complexity index is 259. The molecule has 1 rings (SSSR count). The summed E-state index contributed by atoms with van der Waals surface area (Å²) in [5.41, 5.74) is -0.681. The summed E-state index contributed by atoms with van der Waals surface area (Å²) in [6.07, 6.45) is 3.16. The standard InChI is InChI=1S/C11H19NO4/c1-16-7-6-12-10(15)11(8-9(13)14)4-2-3-5-11/h2-8H2,1H3,(H,12,15)(H,13,14). The Hall–Kier alpha value is -1.10. The van der Waals surface area contributed by atoms with Crippen LogP contribution in [0.2, 0.25) is 0 Å². The van der Waals surface area contributed by atoms with Crippen LogP contribution in [0.3, 0.4) is 0 Å². The van der Waals surface area contributed by atoms with Crippen molar-refractivity contribution in [2.45, 2.75) is 32.1 Å². The van der Waals surface area contributed by atoms with Gasteiger partial charge in [0.25, 0.3) is 0 Å². The lowest BCUT2D eigenvalue weighted by molar-refractivity contribution is -0.145. The molecule has 1 amide bonds. The first-order valence-electron chi connectivity index (χ1n) is 5.60. The van der Waals surface area contributed by atoms with Gasteiger partial charge in [-0.3, -0.25) is 9.59 Å². The highest BCUT2D eigenvalue weighted by atomic mass is 16.5. The third-order valence-corrected chi connectivity index (χ3v) is 3.12. The van der Waals surface area contributed by atoms with Crippen LogP contribution in [0.1, 0.15) is 32.1 Å². The number of aliphatic carboxylic acids is 1. The summed E-state index contributed by atoms with van der Waals surface area (Å²) in [7, 11) is 1.56. The van der Waals surface area contributed by atoms with Gasteiger partial charge in [-0.15, -0.1) is 0 Å². The zero-order chi connectivity index (χ0) is 12.0. The van der Waals surface area contributed by atoms with Crippen LogP contribution in [0, 0.1) is 5.41 Å². The van der Waals surface area contributed by atoms with Crippen LogP contribution < -0.4 is 5.32 Å². The quantitative estimate of drug-likeness (QED) is 0.660. The van der Waals surface area contributed by atoms with E-state index in [0.717, 1.165) is 12.8 Å². The van der Waals surface area contributed by atoms with E-state index in [1.807, 2.05) is 0 Å². The fraction of sp³-hybridized carbons (Fsp3) is 0.818. The summed E-state index contributed by atoms with van der Waals surface area (Å²) >= 11 is 0. The van der Waals surface area contributed by atoms with Crippen molar-refractivity contribution in [3.8, 4) is 0 Å². The van der Waals surface area contributed by atoms with Crippen molar-refractivity contribution in [3.05, 3.63) is 0 Å². The van der Waals surface area contributed by atoms with Gasteiger partial charge in [0.1, 0.15) is 0 Å². The lowest BCUT2D eigenvalue weighted by atomic mass is 9.81. The van der Waals surface area contributed by atoms with E-state index < -0.39 is 11.4 Å². The predicted molar refractivity (Wildman–Crippen MR) is 58.0 cm³/mol. The highest BCUT2D eigenvalue weighted by Gasteiger charge is 2.42. The molecule has 0 aliphatic heterocycles. The lowest BCUT2D eigenvalue weighted by Crippen LogP contribution is -2.41. The van der Waals surface area contributed by atoms with Crippen molar-refractivity contribution in [1.82, 2.24) is 5.32 Å². The molecule has 16 heavy (non-hydrogen) atoms. The maximum Gasteiger partial charge on any atom is 0.304 e. The summed E-state index contributed by atoms with van der Waals surface area (Å²) in [6, 6.07) is 0. The molecule has 0 unspecified atom stereocenters. The molecule has 0 bridgehead atoms. The number of carbonyl (C=O) groups is 2. The van der Waals surface area contributed by atoms with Crippen LogP contribution in [0.4, 0.5) is 0 Å². The molecule has 92 valence electrons. The number of carboxylic acid groups (broad SMARTS) is 1. The Labute approximate surface area is 95.2 Å². The Morgan fingerprint density at radius 3 is 2.50 bits per heavy atom.